The van der Waals surface area contributed by atoms with Gasteiger partial charge in [-0.1, -0.05) is 45.0 Å². The van der Waals surface area contributed by atoms with Crippen molar-refractivity contribution in [3.63, 3.8) is 0 Å². The molecule has 148 valence electrons. The topological polar surface area (TPSA) is 43.7 Å². The Kier molecular flexibility index (Phi) is 6.82. The van der Waals surface area contributed by atoms with Crippen LogP contribution < -0.4 is 0 Å². The zero-order valence-corrected chi connectivity index (χ0v) is 17.4. The van der Waals surface area contributed by atoms with E-state index in [0.717, 1.165) is 38.9 Å². The largest absolute Gasteiger partial charge is 0.508 e. The molecule has 0 radical (unpaired) electrons. The molecule has 1 saturated heterocycles. The highest BCUT2D eigenvalue weighted by Crippen LogP contribution is 2.44. The Balaban J connectivity index is 0.00000261. The first-order valence-corrected chi connectivity index (χ1v) is 9.56. The van der Waals surface area contributed by atoms with E-state index >= 15 is 0 Å². The summed E-state index contributed by atoms with van der Waals surface area (Å²) in [6.07, 6.45) is 3.23. The van der Waals surface area contributed by atoms with Crippen LogP contribution in [0.1, 0.15) is 44.7 Å². The van der Waals surface area contributed by atoms with Gasteiger partial charge in [0, 0.05) is 18.5 Å². The number of rotatable bonds is 5. The van der Waals surface area contributed by atoms with Crippen LogP contribution in [0.2, 0.25) is 0 Å². The summed E-state index contributed by atoms with van der Waals surface area (Å²) in [7, 11) is 0. The molecule has 4 heteroatoms. The number of phenolic OH excluding ortho intramolecular Hbond substituents is 2. The van der Waals surface area contributed by atoms with E-state index in [0.29, 0.717) is 11.5 Å². The van der Waals surface area contributed by atoms with Gasteiger partial charge in [-0.2, -0.15) is 0 Å². The molecule has 1 atom stereocenters. The maximum atomic E-state index is 9.99. The molecule has 2 aromatic carbocycles. The van der Waals surface area contributed by atoms with Crippen LogP contribution in [0.4, 0.5) is 0 Å². The van der Waals surface area contributed by atoms with Gasteiger partial charge in [0.2, 0.25) is 0 Å². The van der Waals surface area contributed by atoms with Gasteiger partial charge in [0.05, 0.1) is 0 Å². The number of likely N-dealkylation sites (tertiary alicyclic amines) is 1. The van der Waals surface area contributed by atoms with Crippen molar-refractivity contribution in [1.82, 2.24) is 4.90 Å². The van der Waals surface area contributed by atoms with Gasteiger partial charge >= 0.3 is 0 Å². The number of hydrogen-bond acceptors (Lipinski definition) is 3. The first-order chi connectivity index (χ1) is 12.3. The number of hydrogen-bond donors (Lipinski definition) is 2. The SMILES string of the molecule is CC(C)(C)CC1(c2cccc(O)c2)CCN(CCc2ccc(O)cc2)C1.Cl. The Hall–Kier alpha value is -1.71. The summed E-state index contributed by atoms with van der Waals surface area (Å²) in [5.74, 6) is 0.682. The molecule has 1 unspecified atom stereocenters. The Morgan fingerprint density at radius 1 is 1.00 bits per heavy atom. The smallest absolute Gasteiger partial charge is 0.115 e. The lowest BCUT2D eigenvalue weighted by molar-refractivity contribution is 0.238. The maximum Gasteiger partial charge on any atom is 0.115 e. The van der Waals surface area contributed by atoms with Crippen LogP contribution in [-0.2, 0) is 11.8 Å². The predicted octanol–water partition coefficient (Wildman–Crippen LogP) is 5.14. The molecule has 1 fully saturated rings. The van der Waals surface area contributed by atoms with E-state index in [2.05, 4.69) is 31.7 Å². The van der Waals surface area contributed by atoms with Crippen LogP contribution in [0.5, 0.6) is 11.5 Å². The molecule has 2 aromatic rings. The van der Waals surface area contributed by atoms with Gasteiger partial charge in [0.1, 0.15) is 11.5 Å². The highest BCUT2D eigenvalue weighted by atomic mass is 35.5. The van der Waals surface area contributed by atoms with E-state index in [1.807, 2.05) is 24.3 Å². The third-order valence-electron chi connectivity index (χ3n) is 5.41. The van der Waals surface area contributed by atoms with Crippen LogP contribution in [0, 0.1) is 5.41 Å². The van der Waals surface area contributed by atoms with Gasteiger partial charge in [-0.05, 0) is 66.6 Å². The summed E-state index contributed by atoms with van der Waals surface area (Å²) in [6.45, 7) is 10.1. The summed E-state index contributed by atoms with van der Waals surface area (Å²) < 4.78 is 0. The van der Waals surface area contributed by atoms with Crippen molar-refractivity contribution in [2.24, 2.45) is 5.41 Å². The molecule has 0 bridgehead atoms. The fourth-order valence-corrected chi connectivity index (χ4v) is 4.43. The second-order valence-corrected chi connectivity index (χ2v) is 9.01. The first-order valence-electron chi connectivity index (χ1n) is 9.56. The molecule has 0 saturated carbocycles. The second kappa shape index (κ2) is 8.53. The molecule has 3 rings (SSSR count). The van der Waals surface area contributed by atoms with E-state index in [1.165, 1.54) is 11.1 Å². The van der Waals surface area contributed by atoms with E-state index < -0.39 is 0 Å². The molecule has 0 aromatic heterocycles. The normalized spacial score (nSPS) is 20.4. The van der Waals surface area contributed by atoms with Gasteiger partial charge < -0.3 is 15.1 Å². The second-order valence-electron chi connectivity index (χ2n) is 9.01. The van der Waals surface area contributed by atoms with Crippen LogP contribution in [0.3, 0.4) is 0 Å². The Morgan fingerprint density at radius 2 is 1.70 bits per heavy atom. The molecule has 27 heavy (non-hydrogen) atoms. The summed E-state index contributed by atoms with van der Waals surface area (Å²) in [6, 6.07) is 15.4. The maximum absolute atomic E-state index is 9.99. The highest BCUT2D eigenvalue weighted by molar-refractivity contribution is 5.85. The minimum atomic E-state index is 0. The zero-order valence-electron chi connectivity index (χ0n) is 16.6. The van der Waals surface area contributed by atoms with E-state index in [1.54, 1.807) is 18.2 Å². The monoisotopic (exact) mass is 389 g/mol. The van der Waals surface area contributed by atoms with Crippen molar-refractivity contribution in [2.75, 3.05) is 19.6 Å². The van der Waals surface area contributed by atoms with Crippen LogP contribution in [0.25, 0.3) is 0 Å². The van der Waals surface area contributed by atoms with Crippen molar-refractivity contribution >= 4 is 12.4 Å². The molecule has 1 aliphatic rings. The molecule has 1 heterocycles. The molecule has 2 N–H and O–H groups in total. The molecule has 3 nitrogen and oxygen atoms in total. The standard InChI is InChI=1S/C23H31NO2.ClH/c1-22(2,3)16-23(19-5-4-6-21(26)15-19)12-14-24(17-23)13-11-18-7-9-20(25)10-8-18;/h4-10,15,25-26H,11-14,16-17H2,1-3H3;1H. The van der Waals surface area contributed by atoms with Crippen molar-refractivity contribution in [1.29, 1.82) is 0 Å². The summed E-state index contributed by atoms with van der Waals surface area (Å²) >= 11 is 0. The highest BCUT2D eigenvalue weighted by Gasteiger charge is 2.42. The third kappa shape index (κ3) is 5.63. The summed E-state index contributed by atoms with van der Waals surface area (Å²) in [5, 5.41) is 19.4. The fourth-order valence-electron chi connectivity index (χ4n) is 4.43. The number of nitrogens with zero attached hydrogens (tertiary/aromatic N) is 1. The van der Waals surface area contributed by atoms with Gasteiger partial charge in [0.25, 0.3) is 0 Å². The van der Waals surface area contributed by atoms with E-state index in [4.69, 9.17) is 0 Å². The number of phenols is 2. The summed E-state index contributed by atoms with van der Waals surface area (Å²) in [4.78, 5) is 2.54. The number of aromatic hydroxyl groups is 2. The average Bonchev–Trinajstić information content (AvgIpc) is 2.97. The lowest BCUT2D eigenvalue weighted by atomic mass is 9.69. The van der Waals surface area contributed by atoms with E-state index in [-0.39, 0.29) is 23.2 Å². The van der Waals surface area contributed by atoms with Crippen molar-refractivity contribution < 1.29 is 10.2 Å². The minimum Gasteiger partial charge on any atom is -0.508 e. The molecule has 0 amide bonds. The zero-order chi connectivity index (χ0) is 18.8. The summed E-state index contributed by atoms with van der Waals surface area (Å²) in [5.41, 5.74) is 2.86. The van der Waals surface area contributed by atoms with Gasteiger partial charge in [0.15, 0.2) is 0 Å². The number of halogens is 1. The lowest BCUT2D eigenvalue weighted by Gasteiger charge is -2.36. The quantitative estimate of drug-likeness (QED) is 0.743. The Morgan fingerprint density at radius 3 is 2.33 bits per heavy atom. The van der Waals surface area contributed by atoms with E-state index in [9.17, 15) is 10.2 Å². The molecular formula is C23H32ClNO2. The fraction of sp³-hybridized carbons (Fsp3) is 0.478. The van der Waals surface area contributed by atoms with Crippen LogP contribution in [-0.4, -0.2) is 34.7 Å². The molecule has 1 aliphatic heterocycles. The first kappa shape index (κ1) is 21.6. The van der Waals surface area contributed by atoms with Crippen LogP contribution >= 0.6 is 12.4 Å². The van der Waals surface area contributed by atoms with Gasteiger partial charge in [-0.15, -0.1) is 12.4 Å². The van der Waals surface area contributed by atoms with Gasteiger partial charge in [-0.3, -0.25) is 0 Å². The molecule has 0 aliphatic carbocycles. The number of benzene rings is 2. The molecular weight excluding hydrogens is 358 g/mol. The lowest BCUT2D eigenvalue weighted by Crippen LogP contribution is -2.35. The minimum absolute atomic E-state index is 0. The Bertz CT molecular complexity index is 739. The predicted molar refractivity (Wildman–Crippen MR) is 114 cm³/mol. The molecule has 0 spiro atoms. The van der Waals surface area contributed by atoms with Crippen molar-refractivity contribution in [2.45, 2.75) is 45.4 Å². The van der Waals surface area contributed by atoms with Gasteiger partial charge in [-0.25, -0.2) is 0 Å². The Labute approximate surface area is 169 Å². The van der Waals surface area contributed by atoms with Crippen molar-refractivity contribution in [3.8, 4) is 11.5 Å². The average molecular weight is 390 g/mol. The van der Waals surface area contributed by atoms with Crippen molar-refractivity contribution in [3.05, 3.63) is 59.7 Å². The van der Waals surface area contributed by atoms with Crippen LogP contribution in [0.15, 0.2) is 48.5 Å². The third-order valence-corrected chi connectivity index (χ3v) is 5.41.